The number of carbonyl (C=O) groups is 2. The van der Waals surface area contributed by atoms with Crippen LogP contribution in [0.4, 0.5) is 0 Å². The van der Waals surface area contributed by atoms with E-state index >= 15 is 0 Å². The van der Waals surface area contributed by atoms with Gasteiger partial charge in [0.2, 0.25) is 5.91 Å². The fraction of sp³-hybridized carbons (Fsp3) is 0.786. The molecule has 0 aliphatic heterocycles. The molecule has 360 valence electrons. The van der Waals surface area contributed by atoms with Crippen LogP contribution in [0.3, 0.4) is 0 Å². The maximum atomic E-state index is 13.2. The molecule has 0 saturated carbocycles. The summed E-state index contributed by atoms with van der Waals surface area (Å²) < 4.78 is 5.91. The summed E-state index contributed by atoms with van der Waals surface area (Å²) in [5.41, 5.74) is 0. The highest BCUT2D eigenvalue weighted by Gasteiger charge is 2.24. The van der Waals surface area contributed by atoms with Crippen molar-refractivity contribution in [2.75, 3.05) is 6.61 Å². The van der Waals surface area contributed by atoms with Crippen molar-refractivity contribution in [3.05, 3.63) is 60.8 Å². The molecule has 0 radical (unpaired) electrons. The highest BCUT2D eigenvalue weighted by atomic mass is 16.5. The van der Waals surface area contributed by atoms with Crippen LogP contribution in [0.5, 0.6) is 0 Å². The van der Waals surface area contributed by atoms with E-state index in [9.17, 15) is 19.8 Å². The molecule has 0 aromatic rings. The van der Waals surface area contributed by atoms with Crippen molar-refractivity contribution in [2.45, 2.75) is 277 Å². The Labute approximate surface area is 384 Å². The minimum absolute atomic E-state index is 0.0562. The number of hydrogen-bond acceptors (Lipinski definition) is 5. The average Bonchev–Trinajstić information content (AvgIpc) is 3.26. The van der Waals surface area contributed by atoms with Gasteiger partial charge in [-0.1, -0.05) is 242 Å². The van der Waals surface area contributed by atoms with Gasteiger partial charge in [-0.05, 0) is 64.2 Å². The predicted molar refractivity (Wildman–Crippen MR) is 268 cm³/mol. The molecule has 0 aromatic heterocycles. The van der Waals surface area contributed by atoms with E-state index in [-0.39, 0.29) is 24.9 Å². The molecule has 6 nitrogen and oxygen atoms in total. The third-order valence-electron chi connectivity index (χ3n) is 11.9. The van der Waals surface area contributed by atoms with Gasteiger partial charge in [0.05, 0.1) is 25.2 Å². The van der Waals surface area contributed by atoms with Crippen molar-refractivity contribution in [3.63, 3.8) is 0 Å². The second kappa shape index (κ2) is 49.6. The number of esters is 1. The third kappa shape index (κ3) is 44.2. The number of carbonyl (C=O) groups excluding carboxylic acids is 2. The van der Waals surface area contributed by atoms with Gasteiger partial charge < -0.3 is 20.3 Å². The fourth-order valence-electron chi connectivity index (χ4n) is 7.88. The Morgan fingerprint density at radius 2 is 0.855 bits per heavy atom. The van der Waals surface area contributed by atoms with E-state index in [1.807, 2.05) is 0 Å². The summed E-state index contributed by atoms with van der Waals surface area (Å²) >= 11 is 0. The van der Waals surface area contributed by atoms with Gasteiger partial charge in [0, 0.05) is 6.42 Å². The van der Waals surface area contributed by atoms with Crippen LogP contribution in [-0.4, -0.2) is 46.9 Å². The third-order valence-corrected chi connectivity index (χ3v) is 11.9. The second-order valence-corrected chi connectivity index (χ2v) is 17.9. The largest absolute Gasteiger partial charge is 0.462 e. The number of amides is 1. The average molecular weight is 868 g/mol. The van der Waals surface area contributed by atoms with Crippen LogP contribution < -0.4 is 5.32 Å². The first-order valence-corrected chi connectivity index (χ1v) is 26.5. The zero-order chi connectivity index (χ0) is 45.2. The molecule has 0 aromatic carbocycles. The van der Waals surface area contributed by atoms with E-state index in [4.69, 9.17) is 4.74 Å². The summed E-state index contributed by atoms with van der Waals surface area (Å²) in [7, 11) is 0. The first-order valence-electron chi connectivity index (χ1n) is 26.5. The molecular weight excluding hydrogens is 767 g/mol. The first kappa shape index (κ1) is 59.6. The van der Waals surface area contributed by atoms with E-state index in [1.54, 1.807) is 0 Å². The number of aliphatic hydroxyl groups is 2. The summed E-state index contributed by atoms with van der Waals surface area (Å²) in [4.78, 5) is 26.1. The fourth-order valence-corrected chi connectivity index (χ4v) is 7.88. The number of hydrogen-bond donors (Lipinski definition) is 3. The molecule has 0 fully saturated rings. The van der Waals surface area contributed by atoms with E-state index in [2.05, 4.69) is 86.8 Å². The second-order valence-electron chi connectivity index (χ2n) is 17.9. The van der Waals surface area contributed by atoms with Crippen LogP contribution >= 0.6 is 0 Å². The molecule has 0 aliphatic carbocycles. The van der Waals surface area contributed by atoms with Gasteiger partial charge in [-0.25, -0.2) is 0 Å². The monoisotopic (exact) mass is 868 g/mol. The number of unbranched alkanes of at least 4 members (excludes halogenated alkanes) is 25. The molecule has 0 aliphatic rings. The highest BCUT2D eigenvalue weighted by Crippen LogP contribution is 2.18. The van der Waals surface area contributed by atoms with Gasteiger partial charge in [0.25, 0.3) is 0 Å². The predicted octanol–water partition coefficient (Wildman–Crippen LogP) is 16.0. The Morgan fingerprint density at radius 3 is 1.26 bits per heavy atom. The quantitative estimate of drug-likeness (QED) is 0.0322. The van der Waals surface area contributed by atoms with E-state index < -0.39 is 18.2 Å². The van der Waals surface area contributed by atoms with E-state index in [0.717, 1.165) is 77.0 Å². The Hall–Kier alpha value is -2.44. The number of aliphatic hydroxyl groups excluding tert-OH is 2. The van der Waals surface area contributed by atoms with Crippen molar-refractivity contribution in [3.8, 4) is 0 Å². The Balaban J connectivity index is 4.64. The Kier molecular flexibility index (Phi) is 47.6. The minimum Gasteiger partial charge on any atom is -0.462 e. The van der Waals surface area contributed by atoms with Crippen LogP contribution in [0.15, 0.2) is 60.8 Å². The molecule has 3 unspecified atom stereocenters. The topological polar surface area (TPSA) is 95.9 Å². The van der Waals surface area contributed by atoms with Gasteiger partial charge in [-0.15, -0.1) is 0 Å². The van der Waals surface area contributed by atoms with Crippen molar-refractivity contribution in [1.82, 2.24) is 5.32 Å². The molecule has 0 rings (SSSR count). The molecule has 0 saturated heterocycles. The van der Waals surface area contributed by atoms with Gasteiger partial charge in [-0.3, -0.25) is 9.59 Å². The molecule has 0 spiro atoms. The molecule has 1 amide bonds. The first-order chi connectivity index (χ1) is 30.5. The Morgan fingerprint density at radius 1 is 0.484 bits per heavy atom. The van der Waals surface area contributed by atoms with Gasteiger partial charge >= 0.3 is 5.97 Å². The highest BCUT2D eigenvalue weighted by molar-refractivity contribution is 5.77. The van der Waals surface area contributed by atoms with Crippen LogP contribution in [0, 0.1) is 0 Å². The lowest BCUT2D eigenvalue weighted by Gasteiger charge is -2.24. The van der Waals surface area contributed by atoms with Crippen molar-refractivity contribution >= 4 is 11.9 Å². The van der Waals surface area contributed by atoms with Crippen LogP contribution in [0.1, 0.15) is 258 Å². The van der Waals surface area contributed by atoms with Gasteiger partial charge in [-0.2, -0.15) is 0 Å². The van der Waals surface area contributed by atoms with Gasteiger partial charge in [0.15, 0.2) is 0 Å². The van der Waals surface area contributed by atoms with E-state index in [0.29, 0.717) is 25.7 Å². The number of nitrogens with one attached hydrogen (secondary N) is 1. The maximum Gasteiger partial charge on any atom is 0.306 e. The molecular formula is C56H101NO5. The van der Waals surface area contributed by atoms with Crippen LogP contribution in [-0.2, 0) is 14.3 Å². The molecule has 3 atom stereocenters. The summed E-state index contributed by atoms with van der Waals surface area (Å²) in [6.07, 6.45) is 61.5. The van der Waals surface area contributed by atoms with Crippen LogP contribution in [0.2, 0.25) is 0 Å². The lowest BCUT2D eigenvalue weighted by atomic mass is 10.0. The summed E-state index contributed by atoms with van der Waals surface area (Å²) in [6, 6.07) is -0.711. The number of ether oxygens (including phenoxy) is 1. The minimum atomic E-state index is -0.796. The molecule has 62 heavy (non-hydrogen) atoms. The molecule has 0 heterocycles. The van der Waals surface area contributed by atoms with Gasteiger partial charge in [0.1, 0.15) is 6.10 Å². The molecule has 3 N–H and O–H groups in total. The Bertz CT molecular complexity index is 1110. The smallest absolute Gasteiger partial charge is 0.306 e. The number of rotatable bonds is 47. The summed E-state index contributed by atoms with van der Waals surface area (Å²) in [5, 5.41) is 23.7. The van der Waals surface area contributed by atoms with Crippen molar-refractivity contribution in [1.29, 1.82) is 0 Å². The zero-order valence-electron chi connectivity index (χ0n) is 41.0. The zero-order valence-corrected chi connectivity index (χ0v) is 41.0. The maximum absolute atomic E-state index is 13.2. The molecule has 6 heteroatoms. The van der Waals surface area contributed by atoms with Crippen molar-refractivity contribution < 1.29 is 24.5 Å². The summed E-state index contributed by atoms with van der Waals surface area (Å²) in [6.45, 7) is 6.35. The summed E-state index contributed by atoms with van der Waals surface area (Å²) in [5.74, 6) is -0.537. The molecule has 0 bridgehead atoms. The van der Waals surface area contributed by atoms with Crippen LogP contribution in [0.25, 0.3) is 0 Å². The normalized spacial score (nSPS) is 13.7. The van der Waals surface area contributed by atoms with E-state index in [1.165, 1.54) is 128 Å². The standard InChI is InChI=1S/C56H101NO5/c1-4-7-10-13-16-19-21-23-25-27-29-31-33-36-38-41-44-47-52(50-55(60)57-53(51-58)54(59)48-45-42-39-35-18-15-12-9-6-3)62-56(61)49-46-43-40-37-34-32-30-28-26-24-22-20-17-14-11-8-5-2/h8,11,17,20,24,26,30,32,37,40,52-54,58-59H,4-7,9-10,12-16,18-19,21-23,25,27-29,31,33-36,38-39,41-51H2,1-3H3,(H,57,60)/b11-8-,20-17-,26-24-,32-30-,40-37-. The lowest BCUT2D eigenvalue weighted by molar-refractivity contribution is -0.151. The SMILES string of the molecule is CC/C=C\C/C=C\C/C=C\C/C=C\C/C=C\CCCC(=O)OC(CCCCCCCCCCCCCCCCCCC)CC(=O)NC(CO)C(O)CCCCCCCCCCC. The lowest BCUT2D eigenvalue weighted by Crippen LogP contribution is -2.46. The number of allylic oxidation sites excluding steroid dienone is 10. The van der Waals surface area contributed by atoms with Crippen molar-refractivity contribution in [2.24, 2.45) is 0 Å².